The van der Waals surface area contributed by atoms with Crippen molar-refractivity contribution in [2.45, 2.75) is 19.9 Å². The summed E-state index contributed by atoms with van der Waals surface area (Å²) >= 11 is 7.57. The average Bonchev–Trinajstić information content (AvgIpc) is 2.25. The van der Waals surface area contributed by atoms with Gasteiger partial charge in [-0.2, -0.15) is 11.8 Å². The van der Waals surface area contributed by atoms with Gasteiger partial charge in [0.1, 0.15) is 11.0 Å². The quantitative estimate of drug-likeness (QED) is 0.781. The molecular weight excluding hydrogens is 260 g/mol. The first-order valence-electron chi connectivity index (χ1n) is 5.28. The molecule has 17 heavy (non-hydrogen) atoms. The van der Waals surface area contributed by atoms with E-state index in [1.54, 1.807) is 0 Å². The summed E-state index contributed by atoms with van der Waals surface area (Å²) in [7, 11) is 0. The zero-order chi connectivity index (χ0) is 12.8. The third-order valence-electron chi connectivity index (χ3n) is 2.01. The summed E-state index contributed by atoms with van der Waals surface area (Å²) in [4.78, 5) is 14.9. The number of aromatic carboxylic acids is 1. The Balaban J connectivity index is 2.73. The minimum absolute atomic E-state index is 0.142. The Bertz CT molecular complexity index is 401. The number of thioether (sulfide) groups is 1. The fraction of sp³-hybridized carbons (Fsp3) is 0.455. The highest BCUT2D eigenvalue weighted by Gasteiger charge is 2.09. The molecule has 0 bridgehead atoms. The van der Waals surface area contributed by atoms with Crippen LogP contribution >= 0.6 is 23.4 Å². The van der Waals surface area contributed by atoms with Crippen molar-refractivity contribution < 1.29 is 9.90 Å². The number of carboxylic acids is 1. The van der Waals surface area contributed by atoms with Gasteiger partial charge in [-0.1, -0.05) is 18.5 Å². The summed E-state index contributed by atoms with van der Waals surface area (Å²) in [6, 6.07) is 3.04. The van der Waals surface area contributed by atoms with Crippen molar-refractivity contribution in [2.24, 2.45) is 0 Å². The number of rotatable bonds is 6. The molecule has 1 heterocycles. The van der Waals surface area contributed by atoms with Crippen LogP contribution in [0.25, 0.3) is 0 Å². The largest absolute Gasteiger partial charge is 0.478 e. The van der Waals surface area contributed by atoms with Crippen molar-refractivity contribution >= 4 is 35.1 Å². The molecule has 0 aromatic carbocycles. The molecule has 4 nitrogen and oxygen atoms in total. The maximum atomic E-state index is 10.8. The maximum absolute atomic E-state index is 10.8. The van der Waals surface area contributed by atoms with Crippen LogP contribution < -0.4 is 5.32 Å². The van der Waals surface area contributed by atoms with Crippen LogP contribution in [0, 0.1) is 0 Å². The van der Waals surface area contributed by atoms with E-state index in [0.717, 1.165) is 11.5 Å². The molecule has 0 aliphatic heterocycles. The van der Waals surface area contributed by atoms with E-state index >= 15 is 0 Å². The van der Waals surface area contributed by atoms with Gasteiger partial charge in [0, 0.05) is 11.8 Å². The van der Waals surface area contributed by atoms with Crippen molar-refractivity contribution in [2.75, 3.05) is 16.8 Å². The lowest BCUT2D eigenvalue weighted by atomic mass is 10.2. The molecule has 0 aliphatic carbocycles. The predicted octanol–water partition coefficient (Wildman–Crippen LogP) is 2.99. The van der Waals surface area contributed by atoms with Gasteiger partial charge in [-0.15, -0.1) is 0 Å². The molecule has 1 rings (SSSR count). The molecule has 0 saturated carbocycles. The summed E-state index contributed by atoms with van der Waals surface area (Å²) in [5.74, 6) is 1.48. The van der Waals surface area contributed by atoms with Gasteiger partial charge >= 0.3 is 5.97 Å². The first-order valence-corrected chi connectivity index (χ1v) is 6.81. The minimum Gasteiger partial charge on any atom is -0.478 e. The van der Waals surface area contributed by atoms with E-state index in [1.165, 1.54) is 12.1 Å². The van der Waals surface area contributed by atoms with Gasteiger partial charge in [0.15, 0.2) is 0 Å². The SMILES string of the molecule is CCSCC(C)Nc1cc(C(=O)O)cc(Cl)n1. The number of hydrogen-bond acceptors (Lipinski definition) is 4. The predicted molar refractivity (Wildman–Crippen MR) is 72.3 cm³/mol. The molecule has 0 aliphatic rings. The standard InChI is InChI=1S/C11H15ClN2O2S/c1-3-17-6-7(2)13-10-5-8(11(15)16)4-9(12)14-10/h4-5,7H,3,6H2,1-2H3,(H,13,14)(H,15,16). The lowest BCUT2D eigenvalue weighted by Crippen LogP contribution is -2.19. The van der Waals surface area contributed by atoms with Crippen LogP contribution in [0.5, 0.6) is 0 Å². The van der Waals surface area contributed by atoms with Crippen LogP contribution in [0.4, 0.5) is 5.82 Å². The molecule has 1 aromatic rings. The third-order valence-corrected chi connectivity index (χ3v) is 3.34. The van der Waals surface area contributed by atoms with Gasteiger partial charge in [0.05, 0.1) is 5.56 Å². The molecule has 0 amide bonds. The molecule has 0 fully saturated rings. The minimum atomic E-state index is -1.01. The van der Waals surface area contributed by atoms with Crippen molar-refractivity contribution in [3.8, 4) is 0 Å². The van der Waals surface area contributed by atoms with Crippen molar-refractivity contribution in [3.63, 3.8) is 0 Å². The van der Waals surface area contributed by atoms with E-state index in [4.69, 9.17) is 16.7 Å². The maximum Gasteiger partial charge on any atom is 0.335 e. The molecule has 0 saturated heterocycles. The Morgan fingerprint density at radius 1 is 1.65 bits per heavy atom. The fourth-order valence-corrected chi connectivity index (χ4v) is 2.16. The molecule has 1 aromatic heterocycles. The van der Waals surface area contributed by atoms with Gasteiger partial charge in [0.25, 0.3) is 0 Å². The summed E-state index contributed by atoms with van der Waals surface area (Å²) in [6.07, 6.45) is 0. The van der Waals surface area contributed by atoms with Crippen LogP contribution in [0.2, 0.25) is 5.15 Å². The second kappa shape index (κ2) is 6.71. The molecule has 0 spiro atoms. The van der Waals surface area contributed by atoms with Crippen molar-refractivity contribution in [1.29, 1.82) is 0 Å². The highest BCUT2D eigenvalue weighted by Crippen LogP contribution is 2.16. The zero-order valence-electron chi connectivity index (χ0n) is 9.74. The molecule has 2 N–H and O–H groups in total. The van der Waals surface area contributed by atoms with E-state index in [1.807, 2.05) is 18.7 Å². The van der Waals surface area contributed by atoms with E-state index in [0.29, 0.717) is 5.82 Å². The number of aromatic nitrogens is 1. The first-order chi connectivity index (χ1) is 8.02. The number of nitrogens with one attached hydrogen (secondary N) is 1. The highest BCUT2D eigenvalue weighted by atomic mass is 35.5. The van der Waals surface area contributed by atoms with Gasteiger partial charge < -0.3 is 10.4 Å². The second-order valence-electron chi connectivity index (χ2n) is 3.57. The summed E-state index contributed by atoms with van der Waals surface area (Å²) in [5.41, 5.74) is 0.142. The van der Waals surface area contributed by atoms with Crippen molar-refractivity contribution in [1.82, 2.24) is 4.98 Å². The van der Waals surface area contributed by atoms with Crippen LogP contribution in [0.15, 0.2) is 12.1 Å². The Morgan fingerprint density at radius 2 is 2.35 bits per heavy atom. The van der Waals surface area contributed by atoms with E-state index in [-0.39, 0.29) is 16.8 Å². The molecule has 1 atom stereocenters. The lowest BCUT2D eigenvalue weighted by Gasteiger charge is -2.14. The number of carboxylic acid groups (broad SMARTS) is 1. The lowest BCUT2D eigenvalue weighted by molar-refractivity contribution is 0.0697. The smallest absolute Gasteiger partial charge is 0.335 e. The number of halogens is 1. The number of pyridine rings is 1. The van der Waals surface area contributed by atoms with Crippen LogP contribution in [0.1, 0.15) is 24.2 Å². The van der Waals surface area contributed by atoms with E-state index in [2.05, 4.69) is 17.2 Å². The Morgan fingerprint density at radius 3 is 2.94 bits per heavy atom. The van der Waals surface area contributed by atoms with Gasteiger partial charge in [-0.05, 0) is 24.8 Å². The first kappa shape index (κ1) is 14.1. The highest BCUT2D eigenvalue weighted by molar-refractivity contribution is 7.99. The molecule has 1 unspecified atom stereocenters. The van der Waals surface area contributed by atoms with Crippen LogP contribution in [-0.4, -0.2) is 33.6 Å². The molecular formula is C11H15ClN2O2S. The number of nitrogens with zero attached hydrogens (tertiary/aromatic N) is 1. The second-order valence-corrected chi connectivity index (χ2v) is 5.28. The summed E-state index contributed by atoms with van der Waals surface area (Å²) < 4.78 is 0. The Hall–Kier alpha value is -0.940. The Labute approximate surface area is 110 Å². The third kappa shape index (κ3) is 4.83. The van der Waals surface area contributed by atoms with E-state index < -0.39 is 5.97 Å². The number of anilines is 1. The average molecular weight is 275 g/mol. The summed E-state index contributed by atoms with van der Waals surface area (Å²) in [6.45, 7) is 4.11. The normalized spacial score (nSPS) is 12.2. The van der Waals surface area contributed by atoms with Gasteiger partial charge in [-0.25, -0.2) is 9.78 Å². The topological polar surface area (TPSA) is 62.2 Å². The molecule has 6 heteroatoms. The van der Waals surface area contributed by atoms with Gasteiger partial charge in [-0.3, -0.25) is 0 Å². The zero-order valence-corrected chi connectivity index (χ0v) is 11.3. The molecule has 0 radical (unpaired) electrons. The van der Waals surface area contributed by atoms with Crippen LogP contribution in [-0.2, 0) is 0 Å². The summed E-state index contributed by atoms with van der Waals surface area (Å²) in [5, 5.41) is 12.2. The fourth-order valence-electron chi connectivity index (χ4n) is 1.28. The van der Waals surface area contributed by atoms with E-state index in [9.17, 15) is 4.79 Å². The van der Waals surface area contributed by atoms with Crippen LogP contribution in [0.3, 0.4) is 0 Å². The Kier molecular flexibility index (Phi) is 5.58. The van der Waals surface area contributed by atoms with Crippen molar-refractivity contribution in [3.05, 3.63) is 22.8 Å². The number of hydrogen-bond donors (Lipinski definition) is 2. The number of carbonyl (C=O) groups is 1. The monoisotopic (exact) mass is 274 g/mol. The van der Waals surface area contributed by atoms with Gasteiger partial charge in [0.2, 0.25) is 0 Å². The molecule has 94 valence electrons.